The number of rotatable bonds is 5. The standard InChI is InChI=1S/C25H26BFN6O/c1-30-12-15-11-18(25(34)23(27)24(15)29)19-5-6-21-20(31-19)7-8-22(32-21)33-10-9-17(13-33)26(14-28)16-3-2-4-16/h5-8,11-12,16-17,29-30,34H,2-4,9-10,13H2,1H3/b15-12-,29-24?. The largest absolute Gasteiger partial charge is 0.504 e. The number of aliphatic hydroxyl groups is 1. The molecule has 0 amide bonds. The van der Waals surface area contributed by atoms with Crippen molar-refractivity contribution in [2.75, 3.05) is 25.0 Å². The molecule has 1 unspecified atom stereocenters. The van der Waals surface area contributed by atoms with Crippen LogP contribution in [-0.4, -0.2) is 47.6 Å². The number of allylic oxidation sites excluding steroid dienone is 4. The molecule has 172 valence electrons. The molecule has 1 aliphatic heterocycles. The van der Waals surface area contributed by atoms with Crippen LogP contribution in [0.1, 0.15) is 31.4 Å². The summed E-state index contributed by atoms with van der Waals surface area (Å²) < 4.78 is 14.4. The topological polar surface area (TPSA) is 109 Å². The molecule has 0 spiro atoms. The Hall–Kier alpha value is -3.67. The van der Waals surface area contributed by atoms with Crippen LogP contribution >= 0.6 is 0 Å². The fraction of sp³-hybridized carbons (Fsp3) is 0.360. The second-order valence-corrected chi connectivity index (χ2v) is 9.23. The lowest BCUT2D eigenvalue weighted by Gasteiger charge is -2.30. The van der Waals surface area contributed by atoms with E-state index in [0.717, 1.165) is 25.3 Å². The summed E-state index contributed by atoms with van der Waals surface area (Å²) >= 11 is 0. The lowest BCUT2D eigenvalue weighted by atomic mass is 9.31. The molecule has 2 fully saturated rings. The van der Waals surface area contributed by atoms with Crippen molar-refractivity contribution in [3.05, 3.63) is 59.4 Å². The van der Waals surface area contributed by atoms with Crippen molar-refractivity contribution in [1.29, 1.82) is 10.7 Å². The second kappa shape index (κ2) is 8.94. The first-order valence-corrected chi connectivity index (χ1v) is 11.7. The third-order valence-corrected chi connectivity index (χ3v) is 7.24. The first kappa shape index (κ1) is 22.1. The molecular weight excluding hydrogens is 430 g/mol. The average Bonchev–Trinajstić information content (AvgIpc) is 3.31. The fourth-order valence-electron chi connectivity index (χ4n) is 5.13. The summed E-state index contributed by atoms with van der Waals surface area (Å²) in [7, 11) is 1.66. The van der Waals surface area contributed by atoms with Crippen LogP contribution < -0.4 is 10.2 Å². The molecule has 3 heterocycles. The van der Waals surface area contributed by atoms with Gasteiger partial charge in [0.2, 0.25) is 0 Å². The molecule has 5 rings (SSSR count). The zero-order valence-corrected chi connectivity index (χ0v) is 19.1. The summed E-state index contributed by atoms with van der Waals surface area (Å²) in [5.41, 5.74) is 1.92. The summed E-state index contributed by atoms with van der Waals surface area (Å²) in [6, 6.07) is 7.33. The zero-order valence-electron chi connectivity index (χ0n) is 19.1. The molecule has 0 bridgehead atoms. The van der Waals surface area contributed by atoms with Crippen LogP contribution in [0, 0.1) is 16.6 Å². The third kappa shape index (κ3) is 3.83. The second-order valence-electron chi connectivity index (χ2n) is 9.23. The number of anilines is 1. The van der Waals surface area contributed by atoms with Gasteiger partial charge in [-0.15, -0.1) is 0 Å². The predicted octanol–water partition coefficient (Wildman–Crippen LogP) is 4.58. The van der Waals surface area contributed by atoms with E-state index >= 15 is 0 Å². The molecule has 2 aromatic heterocycles. The van der Waals surface area contributed by atoms with Crippen molar-refractivity contribution in [3.63, 3.8) is 0 Å². The van der Waals surface area contributed by atoms with Gasteiger partial charge >= 0.3 is 0 Å². The molecule has 0 aromatic carbocycles. The van der Waals surface area contributed by atoms with E-state index in [4.69, 9.17) is 10.4 Å². The van der Waals surface area contributed by atoms with Gasteiger partial charge < -0.3 is 15.3 Å². The lowest BCUT2D eigenvalue weighted by Crippen LogP contribution is -2.32. The Bertz CT molecular complexity index is 1290. The minimum Gasteiger partial charge on any atom is -0.504 e. The highest BCUT2D eigenvalue weighted by atomic mass is 19.1. The first-order valence-electron chi connectivity index (χ1n) is 11.7. The van der Waals surface area contributed by atoms with Crippen molar-refractivity contribution in [2.45, 2.75) is 37.3 Å². The fourth-order valence-corrected chi connectivity index (χ4v) is 5.13. The molecule has 1 atom stereocenters. The van der Waals surface area contributed by atoms with Crippen LogP contribution in [0.3, 0.4) is 0 Å². The van der Waals surface area contributed by atoms with E-state index in [1.165, 1.54) is 25.5 Å². The summed E-state index contributed by atoms with van der Waals surface area (Å²) in [5, 5.41) is 30.7. The van der Waals surface area contributed by atoms with Crippen LogP contribution in [0.5, 0.6) is 0 Å². The van der Waals surface area contributed by atoms with Gasteiger partial charge in [-0.3, -0.25) is 5.41 Å². The van der Waals surface area contributed by atoms with Crippen molar-refractivity contribution in [1.82, 2.24) is 15.3 Å². The van der Waals surface area contributed by atoms with Gasteiger partial charge in [-0.05, 0) is 48.4 Å². The molecule has 2 aromatic rings. The lowest BCUT2D eigenvalue weighted by molar-refractivity contribution is 0.413. The average molecular weight is 456 g/mol. The van der Waals surface area contributed by atoms with Gasteiger partial charge in [0.25, 0.3) is 6.71 Å². The van der Waals surface area contributed by atoms with E-state index in [1.807, 2.05) is 18.2 Å². The number of nitriles is 1. The minimum atomic E-state index is -0.976. The van der Waals surface area contributed by atoms with E-state index in [0.29, 0.717) is 33.9 Å². The highest BCUT2D eigenvalue weighted by Gasteiger charge is 2.40. The normalized spacial score (nSPS) is 22.1. The maximum atomic E-state index is 14.4. The number of aromatic nitrogens is 2. The van der Waals surface area contributed by atoms with Crippen molar-refractivity contribution >= 4 is 34.8 Å². The maximum Gasteiger partial charge on any atom is 0.275 e. The monoisotopic (exact) mass is 456 g/mol. The number of hydrogen-bond donors (Lipinski definition) is 3. The van der Waals surface area contributed by atoms with E-state index in [9.17, 15) is 14.8 Å². The van der Waals surface area contributed by atoms with E-state index in [2.05, 4.69) is 21.2 Å². The Morgan fingerprint density at radius 3 is 2.68 bits per heavy atom. The number of aliphatic hydroxyl groups excluding tert-OH is 1. The molecule has 1 saturated heterocycles. The Morgan fingerprint density at radius 1 is 1.21 bits per heavy atom. The molecule has 1 saturated carbocycles. The number of fused-ring (bicyclic) bond motifs is 1. The van der Waals surface area contributed by atoms with Gasteiger partial charge in [-0.1, -0.05) is 19.3 Å². The van der Waals surface area contributed by atoms with Crippen molar-refractivity contribution in [3.8, 4) is 5.97 Å². The molecule has 3 aliphatic rings. The Morgan fingerprint density at radius 2 is 1.97 bits per heavy atom. The summed E-state index contributed by atoms with van der Waals surface area (Å²) in [6.07, 6.45) is 7.66. The van der Waals surface area contributed by atoms with E-state index in [1.54, 1.807) is 19.2 Å². The van der Waals surface area contributed by atoms with Crippen molar-refractivity contribution < 1.29 is 9.50 Å². The van der Waals surface area contributed by atoms with Gasteiger partial charge in [0.1, 0.15) is 11.5 Å². The molecule has 0 radical (unpaired) electrons. The van der Waals surface area contributed by atoms with Crippen LogP contribution in [0.15, 0.2) is 53.7 Å². The van der Waals surface area contributed by atoms with Gasteiger partial charge in [0.15, 0.2) is 11.6 Å². The highest BCUT2D eigenvalue weighted by Crippen LogP contribution is 2.42. The molecule has 7 nitrogen and oxygen atoms in total. The van der Waals surface area contributed by atoms with Crippen LogP contribution in [0.2, 0.25) is 11.6 Å². The van der Waals surface area contributed by atoms with Gasteiger partial charge in [0, 0.05) is 43.5 Å². The Kier molecular flexibility index (Phi) is 5.82. The molecule has 34 heavy (non-hydrogen) atoms. The zero-order chi connectivity index (χ0) is 23.8. The first-order chi connectivity index (χ1) is 16.5. The number of nitrogens with zero attached hydrogens (tertiary/aromatic N) is 4. The molecular formula is C25H26BFN6O. The smallest absolute Gasteiger partial charge is 0.275 e. The number of nitrogens with one attached hydrogen (secondary N) is 2. The molecule has 3 N–H and O–H groups in total. The SMILES string of the molecule is CN/C=C1/C=C(c2ccc3nc(N4CCC(B(C#N)C5CCC5)C4)ccc3n2)C(O)=C(F)C1=N. The quantitative estimate of drug-likeness (QED) is 0.569. The molecule has 9 heteroatoms. The minimum absolute atomic E-state index is 0.136. The number of halogens is 1. The van der Waals surface area contributed by atoms with Gasteiger partial charge in [-0.25, -0.2) is 19.6 Å². The van der Waals surface area contributed by atoms with Gasteiger partial charge in [0.05, 0.1) is 16.7 Å². The van der Waals surface area contributed by atoms with E-state index < -0.39 is 11.6 Å². The predicted molar refractivity (Wildman–Crippen MR) is 133 cm³/mol. The van der Waals surface area contributed by atoms with Crippen LogP contribution in [0.4, 0.5) is 10.2 Å². The Labute approximate surface area is 198 Å². The number of pyridine rings is 2. The van der Waals surface area contributed by atoms with Crippen LogP contribution in [0.25, 0.3) is 16.6 Å². The van der Waals surface area contributed by atoms with Gasteiger partial charge in [-0.2, -0.15) is 0 Å². The molecule has 2 aliphatic carbocycles. The van der Waals surface area contributed by atoms with Crippen LogP contribution in [-0.2, 0) is 0 Å². The van der Waals surface area contributed by atoms with E-state index in [-0.39, 0.29) is 18.0 Å². The highest BCUT2D eigenvalue weighted by molar-refractivity contribution is 6.70. The maximum absolute atomic E-state index is 14.4. The summed E-state index contributed by atoms with van der Waals surface area (Å²) in [4.78, 5) is 11.6. The van der Waals surface area contributed by atoms with Crippen molar-refractivity contribution in [2.24, 2.45) is 0 Å². The third-order valence-electron chi connectivity index (χ3n) is 7.24. The number of hydrogen-bond acceptors (Lipinski definition) is 7. The summed E-state index contributed by atoms with van der Waals surface area (Å²) in [5.74, 6) is 2.82. The Balaban J connectivity index is 1.39. The summed E-state index contributed by atoms with van der Waals surface area (Å²) in [6.45, 7) is 1.87.